The Hall–Kier alpha value is -2.02. The first-order valence-electron chi connectivity index (χ1n) is 7.40. The van der Waals surface area contributed by atoms with Crippen LogP contribution in [0.25, 0.3) is 11.5 Å². The summed E-state index contributed by atoms with van der Waals surface area (Å²) in [5.74, 6) is 0.848. The Kier molecular flexibility index (Phi) is 5.63. The number of hydrogen-bond donors (Lipinski definition) is 1. The van der Waals surface area contributed by atoms with Gasteiger partial charge in [-0.3, -0.25) is 10.1 Å². The van der Waals surface area contributed by atoms with Crippen LogP contribution in [0.3, 0.4) is 0 Å². The van der Waals surface area contributed by atoms with E-state index in [1.165, 1.54) is 0 Å². The summed E-state index contributed by atoms with van der Waals surface area (Å²) in [4.78, 5) is 13.4. The van der Waals surface area contributed by atoms with Crippen LogP contribution >= 0.6 is 35.0 Å². The number of aromatic nitrogens is 2. The number of nitrogens with one attached hydrogen (secondary N) is 1. The molecule has 0 aliphatic carbocycles. The van der Waals surface area contributed by atoms with Gasteiger partial charge < -0.3 is 4.42 Å². The minimum absolute atomic E-state index is 0.00183. The van der Waals surface area contributed by atoms with Gasteiger partial charge in [-0.1, -0.05) is 35.2 Å². The third-order valence-corrected chi connectivity index (χ3v) is 4.68. The Balaban J connectivity index is 1.73. The van der Waals surface area contributed by atoms with E-state index in [4.69, 9.17) is 27.6 Å². The number of hydrogen-bond acceptors (Lipinski definition) is 5. The molecule has 0 saturated carbocycles. The molecule has 0 atom stereocenters. The summed E-state index contributed by atoms with van der Waals surface area (Å²) in [7, 11) is 0. The number of halogens is 2. The van der Waals surface area contributed by atoms with Crippen LogP contribution in [0.15, 0.2) is 51.8 Å². The molecule has 3 aromatic rings. The van der Waals surface area contributed by atoms with E-state index in [2.05, 4.69) is 22.4 Å². The van der Waals surface area contributed by atoms with Crippen molar-refractivity contribution in [2.75, 3.05) is 11.1 Å². The second kappa shape index (κ2) is 7.91. The van der Waals surface area contributed by atoms with Crippen LogP contribution < -0.4 is 5.32 Å². The van der Waals surface area contributed by atoms with Crippen molar-refractivity contribution >= 4 is 46.9 Å². The molecule has 0 fully saturated rings. The van der Waals surface area contributed by atoms with Crippen LogP contribution in [-0.2, 0) is 0 Å². The van der Waals surface area contributed by atoms with Gasteiger partial charge in [-0.2, -0.15) is 0 Å². The van der Waals surface area contributed by atoms with Crippen LogP contribution in [0, 0.1) is 0 Å². The average molecular weight is 394 g/mol. The van der Waals surface area contributed by atoms with Crippen LogP contribution in [0.4, 0.5) is 6.01 Å². The Labute approximate surface area is 158 Å². The fourth-order valence-electron chi connectivity index (χ4n) is 2.08. The smallest absolute Gasteiger partial charge is 0.322 e. The van der Waals surface area contributed by atoms with Gasteiger partial charge in [0.25, 0.3) is 11.8 Å². The highest BCUT2D eigenvalue weighted by molar-refractivity contribution is 7.99. The van der Waals surface area contributed by atoms with E-state index in [9.17, 15) is 4.79 Å². The fraction of sp³-hybridized carbons (Fsp3) is 0.118. The summed E-state index contributed by atoms with van der Waals surface area (Å²) in [6.07, 6.45) is 0. The lowest BCUT2D eigenvalue weighted by Gasteiger charge is -2.02. The van der Waals surface area contributed by atoms with Crippen molar-refractivity contribution in [1.29, 1.82) is 0 Å². The van der Waals surface area contributed by atoms with Gasteiger partial charge in [-0.05, 0) is 48.2 Å². The van der Waals surface area contributed by atoms with Crippen LogP contribution in [-0.4, -0.2) is 21.9 Å². The quantitative estimate of drug-likeness (QED) is 0.587. The number of anilines is 1. The van der Waals surface area contributed by atoms with Crippen molar-refractivity contribution in [2.45, 2.75) is 11.8 Å². The van der Waals surface area contributed by atoms with E-state index >= 15 is 0 Å². The van der Waals surface area contributed by atoms with Crippen LogP contribution in [0.1, 0.15) is 17.3 Å². The van der Waals surface area contributed by atoms with Crippen molar-refractivity contribution in [1.82, 2.24) is 10.2 Å². The topological polar surface area (TPSA) is 68.0 Å². The molecule has 0 radical (unpaired) electrons. The number of rotatable bonds is 5. The van der Waals surface area contributed by atoms with Gasteiger partial charge in [0.05, 0.1) is 10.6 Å². The molecular formula is C17H13Cl2N3O2S. The molecule has 0 aliphatic rings. The zero-order valence-electron chi connectivity index (χ0n) is 13.1. The van der Waals surface area contributed by atoms with Crippen LogP contribution in [0.2, 0.25) is 10.0 Å². The molecule has 8 heteroatoms. The van der Waals surface area contributed by atoms with Gasteiger partial charge in [-0.25, -0.2) is 0 Å². The van der Waals surface area contributed by atoms with Gasteiger partial charge in [0.1, 0.15) is 0 Å². The fourth-order valence-corrected chi connectivity index (χ4v) is 3.24. The number of amides is 1. The van der Waals surface area contributed by atoms with Gasteiger partial charge in [0, 0.05) is 15.5 Å². The van der Waals surface area contributed by atoms with E-state index in [0.29, 0.717) is 21.2 Å². The Morgan fingerprint density at radius 1 is 1.16 bits per heavy atom. The molecule has 3 rings (SSSR count). The van der Waals surface area contributed by atoms with E-state index in [1.807, 2.05) is 12.1 Å². The molecular weight excluding hydrogens is 381 g/mol. The summed E-state index contributed by atoms with van der Waals surface area (Å²) < 4.78 is 5.46. The number of carbonyl (C=O) groups is 1. The van der Waals surface area contributed by atoms with Crippen molar-refractivity contribution in [3.63, 3.8) is 0 Å². The molecule has 1 aromatic heterocycles. The van der Waals surface area contributed by atoms with Crippen LogP contribution in [0.5, 0.6) is 0 Å². The molecule has 25 heavy (non-hydrogen) atoms. The maximum Gasteiger partial charge on any atom is 0.322 e. The number of carbonyl (C=O) groups excluding carboxylic acids is 1. The molecule has 0 bridgehead atoms. The number of nitrogens with zero attached hydrogens (tertiary/aromatic N) is 2. The standard InChI is InChI=1S/C17H13Cl2N3O2S/c1-2-25-12-6-3-10(4-7-12)15(23)20-17-22-21-16(24-17)13-8-5-11(18)9-14(13)19/h3-9H,2H2,1H3,(H,20,22,23). The first-order chi connectivity index (χ1) is 12.1. The third-order valence-electron chi connectivity index (χ3n) is 3.23. The van der Waals surface area contributed by atoms with Gasteiger partial charge in [0.15, 0.2) is 0 Å². The maximum atomic E-state index is 12.3. The summed E-state index contributed by atoms with van der Waals surface area (Å²) in [6, 6.07) is 12.2. The second-order valence-corrected chi connectivity index (χ2v) is 7.13. The maximum absolute atomic E-state index is 12.3. The SMILES string of the molecule is CCSc1ccc(C(=O)Nc2nnc(-c3ccc(Cl)cc3Cl)o2)cc1. The van der Waals surface area contributed by atoms with E-state index in [-0.39, 0.29) is 17.8 Å². The molecule has 0 aliphatic heterocycles. The Morgan fingerprint density at radius 3 is 2.60 bits per heavy atom. The predicted octanol–water partition coefficient (Wildman–Crippen LogP) is 5.41. The monoisotopic (exact) mass is 393 g/mol. The lowest BCUT2D eigenvalue weighted by atomic mass is 10.2. The van der Waals surface area contributed by atoms with Crippen molar-refractivity contribution < 1.29 is 9.21 Å². The zero-order valence-corrected chi connectivity index (χ0v) is 15.5. The summed E-state index contributed by atoms with van der Waals surface area (Å²) in [6.45, 7) is 2.07. The van der Waals surface area contributed by atoms with E-state index in [0.717, 1.165) is 10.6 Å². The number of thioether (sulfide) groups is 1. The zero-order chi connectivity index (χ0) is 17.8. The Morgan fingerprint density at radius 2 is 1.92 bits per heavy atom. The Bertz CT molecular complexity index is 897. The highest BCUT2D eigenvalue weighted by Crippen LogP contribution is 2.30. The average Bonchev–Trinajstić information content (AvgIpc) is 3.04. The van der Waals surface area contributed by atoms with Gasteiger partial charge in [0.2, 0.25) is 0 Å². The second-order valence-electron chi connectivity index (χ2n) is 4.95. The highest BCUT2D eigenvalue weighted by Gasteiger charge is 2.15. The van der Waals surface area contributed by atoms with Gasteiger partial charge >= 0.3 is 6.01 Å². The molecule has 1 N–H and O–H groups in total. The summed E-state index contributed by atoms with van der Waals surface area (Å²) >= 11 is 13.7. The highest BCUT2D eigenvalue weighted by atomic mass is 35.5. The lowest BCUT2D eigenvalue weighted by Crippen LogP contribution is -2.11. The normalized spacial score (nSPS) is 10.7. The molecule has 2 aromatic carbocycles. The first-order valence-corrected chi connectivity index (χ1v) is 9.14. The molecule has 0 saturated heterocycles. The molecule has 0 spiro atoms. The van der Waals surface area contributed by atoms with E-state index in [1.54, 1.807) is 42.1 Å². The van der Waals surface area contributed by atoms with E-state index < -0.39 is 0 Å². The summed E-state index contributed by atoms with van der Waals surface area (Å²) in [5.41, 5.74) is 1.05. The molecule has 1 amide bonds. The number of benzene rings is 2. The third kappa shape index (κ3) is 4.34. The molecule has 0 unspecified atom stereocenters. The molecule has 5 nitrogen and oxygen atoms in total. The van der Waals surface area contributed by atoms with Gasteiger partial charge in [-0.15, -0.1) is 16.9 Å². The summed E-state index contributed by atoms with van der Waals surface area (Å²) in [5, 5.41) is 11.2. The van der Waals surface area contributed by atoms with Crippen molar-refractivity contribution in [3.8, 4) is 11.5 Å². The minimum Gasteiger partial charge on any atom is -0.403 e. The minimum atomic E-state index is -0.328. The van der Waals surface area contributed by atoms with Crippen molar-refractivity contribution in [2.24, 2.45) is 0 Å². The lowest BCUT2D eigenvalue weighted by molar-refractivity contribution is 0.102. The van der Waals surface area contributed by atoms with Crippen molar-refractivity contribution in [3.05, 3.63) is 58.1 Å². The predicted molar refractivity (Wildman–Crippen MR) is 101 cm³/mol. The molecule has 128 valence electrons. The first kappa shape index (κ1) is 17.8. The molecule has 1 heterocycles. The largest absolute Gasteiger partial charge is 0.403 e.